The highest BCUT2D eigenvalue weighted by atomic mass is 15.2. The van der Waals surface area contributed by atoms with Gasteiger partial charge in [0.05, 0.1) is 23.6 Å². The fourth-order valence-electron chi connectivity index (χ4n) is 9.10. The lowest BCUT2D eigenvalue weighted by molar-refractivity contribution is 0.499. The Labute approximate surface area is 696 Å². The molecule has 12 heterocycles. The van der Waals surface area contributed by atoms with Crippen LogP contribution in [0, 0.1) is 21.7 Å². The van der Waals surface area contributed by atoms with E-state index in [1.165, 1.54) is 33.8 Å². The van der Waals surface area contributed by atoms with Gasteiger partial charge in [0.1, 0.15) is 24.3 Å². The molecule has 0 aliphatic carbocycles. The number of aromatic nitrogens is 13. The minimum atomic E-state index is 0.0707. The first-order valence-electron chi connectivity index (χ1n) is 40.2. The normalized spacial score (nSPS) is 13.7. The molecule has 0 saturated carbocycles. The van der Waals surface area contributed by atoms with Crippen LogP contribution in [0.1, 0.15) is 314 Å². The van der Waals surface area contributed by atoms with Crippen molar-refractivity contribution in [2.45, 2.75) is 312 Å². The predicted molar refractivity (Wildman–Crippen MR) is 491 cm³/mol. The van der Waals surface area contributed by atoms with Crippen LogP contribution in [0.4, 0.5) is 0 Å². The molecule has 0 fully saturated rings. The summed E-state index contributed by atoms with van der Waals surface area (Å²) in [5, 5.41) is 15.6. The molecule has 115 heavy (non-hydrogen) atoms. The lowest BCUT2D eigenvalue weighted by Gasteiger charge is -2.18. The fourth-order valence-corrected chi connectivity index (χ4v) is 9.10. The molecule has 628 valence electrons. The number of allylic oxidation sites excluding steroid dienone is 2. The van der Waals surface area contributed by atoms with Gasteiger partial charge < -0.3 is 4.98 Å². The number of pyridine rings is 3. The first-order chi connectivity index (χ1) is 52.8. The van der Waals surface area contributed by atoms with Crippen molar-refractivity contribution in [1.82, 2.24) is 65.0 Å². The molecule has 4 aliphatic heterocycles. The zero-order valence-electron chi connectivity index (χ0n) is 77.9. The fraction of sp³-hybridized carbons (Fsp3) is 0.542. The third kappa shape index (κ3) is 46.6. The minimum absolute atomic E-state index is 0.0707. The van der Waals surface area contributed by atoms with Gasteiger partial charge >= 0.3 is 0 Å². The maximum Gasteiger partial charge on any atom is 0.133 e. The lowest BCUT2D eigenvalue weighted by atomic mass is 9.86. The van der Waals surface area contributed by atoms with Crippen molar-refractivity contribution in [3.63, 3.8) is 0 Å². The highest BCUT2D eigenvalue weighted by Gasteiger charge is 2.24. The number of rotatable bonds is 0. The van der Waals surface area contributed by atoms with E-state index in [2.05, 4.69) is 375 Å². The molecule has 8 aromatic rings. The summed E-state index contributed by atoms with van der Waals surface area (Å²) >= 11 is 0. The van der Waals surface area contributed by atoms with Crippen molar-refractivity contribution in [2.24, 2.45) is 51.8 Å². The zero-order valence-corrected chi connectivity index (χ0v) is 77.9. The van der Waals surface area contributed by atoms with Crippen LogP contribution in [-0.4, -0.2) is 107 Å². The van der Waals surface area contributed by atoms with E-state index in [9.17, 15) is 0 Å². The Morgan fingerprint density at radius 2 is 0.870 bits per heavy atom. The summed E-state index contributed by atoms with van der Waals surface area (Å²) in [6.07, 6.45) is 41.1. The number of H-pyrrole nitrogens is 1. The predicted octanol–water partition coefficient (Wildman–Crippen LogP) is 24.1. The smallest absolute Gasteiger partial charge is 0.133 e. The molecular formula is C96H149N19. The SMILES string of the molecule is CC(C)(C)C1=CN=CC1.CC(C)(C)C1=NC=CC1.CC(C)(C)C1=NC=NC1.CC(C)(C)C1=NN=CC1.CC(C)(C)c1ccccn1.CC(C)(C)c1cccnc1.CC(C)(C)c1cccnn1.CC(C)(C)c1ccncc1.CC(C)(C)c1ccncn1.CC(C)(C)c1cnccn1.CC(C)(C)c1ncc[nH]1.CC(C)(C)c1ncccn1. The van der Waals surface area contributed by atoms with Crippen LogP contribution in [0.2, 0.25) is 0 Å². The second kappa shape index (κ2) is 47.5. The molecule has 0 amide bonds. The van der Waals surface area contributed by atoms with Crippen molar-refractivity contribution < 1.29 is 0 Å². The molecule has 0 spiro atoms. The number of hydrogen-bond donors (Lipinski definition) is 1. The van der Waals surface area contributed by atoms with Gasteiger partial charge in [0, 0.05) is 202 Å². The molecule has 0 bridgehead atoms. The first kappa shape index (κ1) is 103. The second-order valence-electron chi connectivity index (χ2n) is 40.4. The van der Waals surface area contributed by atoms with Gasteiger partial charge in [0.25, 0.3) is 0 Å². The standard InChI is InChI=1S/3C9H13N.4C8H12N2.2C8H13N.3C7H12N2/c1-9(2,3)8-4-6-10-7-5-8;1-9(2,3)8-5-4-6-10-7-8;1-9(2,3)8-6-4-5-7-10-8;1-8(2,3)7-6-9-4-5-10-7;1-8(2,3)7-4-5-9-6-10-7;1-8(2,3)7-9-5-4-6-10-7;1-8(2,3)7-5-4-6-9-10-7;1-8(2,3)7-4-5-9-6-7;1-8(2,3)7-5-4-6-9-7;1-7(2,3)6-4-8-5-9-6;1-7(2,3)6-8-4-5-9-6;1-7(2,3)6-4-5-8-9-6/h3*4-7H,1-3H3;4*4-6H,1-3H3;5-6H,4H2,1-3H3;4,6H,5H2,1-3H3;5H,4H2,1-3H3;4-5H,1-3H3,(H,8,9);5H,4H2,1-3H3. The molecule has 12 rings (SSSR count). The van der Waals surface area contributed by atoms with Crippen LogP contribution in [0.25, 0.3) is 0 Å². The molecule has 4 aliphatic rings. The number of imidazole rings is 1. The summed E-state index contributed by atoms with van der Waals surface area (Å²) in [4.78, 5) is 60.3. The Morgan fingerprint density at radius 3 is 1.14 bits per heavy atom. The maximum atomic E-state index is 4.25. The maximum absolute atomic E-state index is 4.25. The van der Waals surface area contributed by atoms with Gasteiger partial charge in [-0.05, 0) is 87.5 Å². The molecule has 0 aromatic carbocycles. The Kier molecular flexibility index (Phi) is 42.7. The van der Waals surface area contributed by atoms with Crippen LogP contribution < -0.4 is 0 Å². The van der Waals surface area contributed by atoms with Crippen molar-refractivity contribution in [3.8, 4) is 0 Å². The van der Waals surface area contributed by atoms with Gasteiger partial charge in [0.15, 0.2) is 0 Å². The van der Waals surface area contributed by atoms with E-state index in [0.717, 1.165) is 60.2 Å². The summed E-state index contributed by atoms with van der Waals surface area (Å²) in [5.41, 5.74) is 14.3. The third-order valence-corrected chi connectivity index (χ3v) is 16.9. The van der Waals surface area contributed by atoms with Gasteiger partial charge in [-0.1, -0.05) is 267 Å². The van der Waals surface area contributed by atoms with Crippen LogP contribution in [0.15, 0.2) is 214 Å². The van der Waals surface area contributed by atoms with Crippen molar-refractivity contribution in [2.75, 3.05) is 6.54 Å². The molecule has 8 aromatic heterocycles. The van der Waals surface area contributed by atoms with Gasteiger partial charge in [0.2, 0.25) is 0 Å². The summed E-state index contributed by atoms with van der Waals surface area (Å²) in [7, 11) is 0. The van der Waals surface area contributed by atoms with Crippen LogP contribution in [0.5, 0.6) is 0 Å². The van der Waals surface area contributed by atoms with Crippen molar-refractivity contribution in [3.05, 3.63) is 229 Å². The molecule has 0 saturated heterocycles. The third-order valence-electron chi connectivity index (χ3n) is 16.9. The zero-order chi connectivity index (χ0) is 87.8. The molecular weight excluding hydrogens is 1420 g/mol. The number of hydrogen-bond acceptors (Lipinski definition) is 18. The Balaban J connectivity index is 0.000000627. The topological polar surface area (TPSA) is 245 Å². The summed E-state index contributed by atoms with van der Waals surface area (Å²) in [5.74, 6) is 1.94. The largest absolute Gasteiger partial charge is 0.348 e. The summed E-state index contributed by atoms with van der Waals surface area (Å²) in [6, 6.07) is 21.9. The first-order valence-corrected chi connectivity index (χ1v) is 40.2. The molecule has 0 unspecified atom stereocenters. The van der Waals surface area contributed by atoms with E-state index in [1.807, 2.05) is 98.3 Å². The number of aromatic amines is 1. The van der Waals surface area contributed by atoms with Crippen LogP contribution >= 0.6 is 0 Å². The van der Waals surface area contributed by atoms with Gasteiger partial charge in [-0.2, -0.15) is 20.4 Å². The molecule has 0 atom stereocenters. The monoisotopic (exact) mass is 1570 g/mol. The molecule has 1 N–H and O–H groups in total. The van der Waals surface area contributed by atoms with Gasteiger partial charge in [-0.25, -0.2) is 29.9 Å². The van der Waals surface area contributed by atoms with E-state index >= 15 is 0 Å². The van der Waals surface area contributed by atoms with Crippen LogP contribution in [-0.2, 0) is 43.3 Å². The van der Waals surface area contributed by atoms with E-state index in [0.29, 0.717) is 5.41 Å². The highest BCUT2D eigenvalue weighted by Crippen LogP contribution is 2.30. The lowest BCUT2D eigenvalue weighted by Crippen LogP contribution is -2.20. The highest BCUT2D eigenvalue weighted by molar-refractivity contribution is 6.01. The average Bonchev–Trinajstić information content (AvgIpc) is 1.80. The van der Waals surface area contributed by atoms with Crippen LogP contribution in [0.3, 0.4) is 0 Å². The quantitative estimate of drug-likeness (QED) is 0.149. The Hall–Kier alpha value is -9.52. The van der Waals surface area contributed by atoms with E-state index in [-0.39, 0.29) is 59.6 Å². The van der Waals surface area contributed by atoms with Crippen molar-refractivity contribution in [1.29, 1.82) is 0 Å². The van der Waals surface area contributed by atoms with Crippen molar-refractivity contribution >= 4 is 35.9 Å². The van der Waals surface area contributed by atoms with Gasteiger partial charge in [-0.3, -0.25) is 39.9 Å². The second-order valence-corrected chi connectivity index (χ2v) is 40.4. The Morgan fingerprint density at radius 1 is 0.330 bits per heavy atom. The summed E-state index contributed by atoms with van der Waals surface area (Å²) in [6.45, 7) is 78.4. The van der Waals surface area contributed by atoms with E-state index in [4.69, 9.17) is 0 Å². The number of aliphatic imine (C=N–C) groups is 4. The molecule has 19 heteroatoms. The van der Waals surface area contributed by atoms with E-state index < -0.39 is 0 Å². The summed E-state index contributed by atoms with van der Waals surface area (Å²) < 4.78 is 0. The number of nitrogens with zero attached hydrogens (tertiary/aromatic N) is 18. The Bertz CT molecular complexity index is 3510. The number of nitrogens with one attached hydrogen (secondary N) is 1. The molecule has 19 nitrogen and oxygen atoms in total. The average molecular weight is 1570 g/mol. The van der Waals surface area contributed by atoms with E-state index in [1.54, 1.807) is 68.4 Å². The minimum Gasteiger partial charge on any atom is -0.348 e. The van der Waals surface area contributed by atoms with Gasteiger partial charge in [-0.15, -0.1) is 0 Å². The molecule has 0 radical (unpaired) electrons.